The lowest BCUT2D eigenvalue weighted by Crippen LogP contribution is -2.22. The quantitative estimate of drug-likeness (QED) is 0.280. The normalized spacial score (nSPS) is 11.4. The molecule has 0 bridgehead atoms. The largest absolute Gasteiger partial charge is 0.497 e. The fourth-order valence-electron chi connectivity index (χ4n) is 3.75. The van der Waals surface area contributed by atoms with Crippen molar-refractivity contribution in [3.8, 4) is 34.2 Å². The Bertz CT molecular complexity index is 1430. The maximum Gasteiger partial charge on any atom is 0.237 e. The first-order valence-corrected chi connectivity index (χ1v) is 12.5. The fourth-order valence-corrected chi connectivity index (χ4v) is 4.68. The number of amides is 1. The fraction of sp³-hybridized carbons (Fsp3) is 0.167. The molecular weight excluding hydrogens is 466 g/mol. The van der Waals surface area contributed by atoms with Gasteiger partial charge in [0.1, 0.15) is 16.8 Å². The molecule has 1 heterocycles. The van der Waals surface area contributed by atoms with Gasteiger partial charge in [0.15, 0.2) is 0 Å². The summed E-state index contributed by atoms with van der Waals surface area (Å²) in [4.78, 5) is 17.9. The SMILES string of the molecule is COc1ccc(-c2cc(-c3ccccc3)nc(S[C@H](C)C(=O)Nc3ccc(C)c(C)c3)c2C#N)cc1. The van der Waals surface area contributed by atoms with Gasteiger partial charge in [-0.25, -0.2) is 4.98 Å². The Kier molecular flexibility index (Phi) is 7.72. The maximum absolute atomic E-state index is 13.0. The molecule has 1 aromatic heterocycles. The zero-order valence-corrected chi connectivity index (χ0v) is 21.5. The molecule has 0 aliphatic carbocycles. The number of anilines is 1. The Hall–Kier alpha value is -4.08. The molecule has 4 rings (SSSR count). The summed E-state index contributed by atoms with van der Waals surface area (Å²) in [6.07, 6.45) is 0. The molecular formula is C30H27N3O2S. The molecule has 0 aliphatic rings. The molecule has 3 aromatic carbocycles. The molecule has 0 spiro atoms. The predicted molar refractivity (Wildman–Crippen MR) is 146 cm³/mol. The van der Waals surface area contributed by atoms with E-state index in [-0.39, 0.29) is 5.91 Å². The molecule has 0 unspecified atom stereocenters. The summed E-state index contributed by atoms with van der Waals surface area (Å²) in [6, 6.07) is 27.5. The minimum absolute atomic E-state index is 0.148. The van der Waals surface area contributed by atoms with E-state index in [1.807, 2.05) is 99.6 Å². The molecule has 36 heavy (non-hydrogen) atoms. The average Bonchev–Trinajstić information content (AvgIpc) is 2.90. The van der Waals surface area contributed by atoms with E-state index in [0.717, 1.165) is 39.4 Å². The molecule has 5 nitrogen and oxygen atoms in total. The van der Waals surface area contributed by atoms with Gasteiger partial charge >= 0.3 is 0 Å². The van der Waals surface area contributed by atoms with Gasteiger partial charge in [-0.1, -0.05) is 60.3 Å². The first kappa shape index (κ1) is 25.0. The number of hydrogen-bond donors (Lipinski definition) is 1. The van der Waals surface area contributed by atoms with E-state index in [0.29, 0.717) is 10.6 Å². The highest BCUT2D eigenvalue weighted by molar-refractivity contribution is 8.00. The van der Waals surface area contributed by atoms with Crippen LogP contribution in [0, 0.1) is 25.2 Å². The number of carbonyl (C=O) groups excluding carboxylic acids is 1. The number of rotatable bonds is 7. The Morgan fingerprint density at radius 1 is 0.972 bits per heavy atom. The van der Waals surface area contributed by atoms with Crippen LogP contribution in [0.1, 0.15) is 23.6 Å². The number of pyridine rings is 1. The summed E-state index contributed by atoms with van der Waals surface area (Å²) in [5.41, 5.74) is 6.79. The molecule has 1 atom stereocenters. The van der Waals surface area contributed by atoms with Crippen LogP contribution in [-0.4, -0.2) is 23.3 Å². The van der Waals surface area contributed by atoms with Crippen molar-refractivity contribution in [2.45, 2.75) is 31.0 Å². The Morgan fingerprint density at radius 2 is 1.69 bits per heavy atom. The second kappa shape index (κ2) is 11.1. The van der Waals surface area contributed by atoms with Gasteiger partial charge in [0.2, 0.25) is 5.91 Å². The summed E-state index contributed by atoms with van der Waals surface area (Å²) >= 11 is 1.28. The van der Waals surface area contributed by atoms with Crippen molar-refractivity contribution in [3.05, 3.63) is 95.6 Å². The highest BCUT2D eigenvalue weighted by atomic mass is 32.2. The number of nitriles is 1. The standard InChI is InChI=1S/C30H27N3O2S/c1-19-10-13-24(16-20(19)2)32-29(34)21(3)36-30-27(18-31)26(22-11-14-25(35-4)15-12-22)17-28(33-30)23-8-6-5-7-9-23/h5-17,21H,1-4H3,(H,32,34)/t21-/m1/s1. The number of nitrogens with one attached hydrogen (secondary N) is 1. The molecule has 0 fully saturated rings. The van der Waals surface area contributed by atoms with Crippen LogP contribution in [0.5, 0.6) is 5.75 Å². The third kappa shape index (κ3) is 5.59. The summed E-state index contributed by atoms with van der Waals surface area (Å²) in [5.74, 6) is 0.589. The number of nitrogens with zero attached hydrogens (tertiary/aromatic N) is 2. The summed E-state index contributed by atoms with van der Waals surface area (Å²) < 4.78 is 5.29. The monoisotopic (exact) mass is 493 g/mol. The zero-order chi connectivity index (χ0) is 25.7. The predicted octanol–water partition coefficient (Wildman–Crippen LogP) is 7.03. The van der Waals surface area contributed by atoms with Gasteiger partial charge in [-0.15, -0.1) is 0 Å². The van der Waals surface area contributed by atoms with Gasteiger partial charge < -0.3 is 10.1 Å². The van der Waals surface area contributed by atoms with Crippen LogP contribution in [0.2, 0.25) is 0 Å². The number of ether oxygens (including phenoxy) is 1. The van der Waals surface area contributed by atoms with Crippen LogP contribution < -0.4 is 10.1 Å². The molecule has 1 N–H and O–H groups in total. The van der Waals surface area contributed by atoms with Crippen LogP contribution >= 0.6 is 11.8 Å². The van der Waals surface area contributed by atoms with Gasteiger partial charge in [-0.3, -0.25) is 4.79 Å². The zero-order valence-electron chi connectivity index (χ0n) is 20.7. The van der Waals surface area contributed by atoms with Crippen molar-refractivity contribution in [3.63, 3.8) is 0 Å². The second-order valence-corrected chi connectivity index (χ2v) is 9.82. The van der Waals surface area contributed by atoms with Crippen LogP contribution in [0.25, 0.3) is 22.4 Å². The lowest BCUT2D eigenvalue weighted by molar-refractivity contribution is -0.115. The number of aryl methyl sites for hydroxylation is 2. The smallest absolute Gasteiger partial charge is 0.237 e. The third-order valence-corrected chi connectivity index (χ3v) is 7.09. The minimum Gasteiger partial charge on any atom is -0.497 e. The molecule has 0 saturated heterocycles. The molecule has 0 radical (unpaired) electrons. The van der Waals surface area contributed by atoms with Crippen molar-refractivity contribution < 1.29 is 9.53 Å². The van der Waals surface area contributed by atoms with Crippen LogP contribution in [0.15, 0.2) is 83.9 Å². The summed E-state index contributed by atoms with van der Waals surface area (Å²) in [7, 11) is 1.62. The number of benzene rings is 3. The third-order valence-electron chi connectivity index (χ3n) is 6.00. The number of aromatic nitrogens is 1. The van der Waals surface area contributed by atoms with Gasteiger partial charge in [-0.05, 0) is 67.8 Å². The Labute approximate surface area is 216 Å². The van der Waals surface area contributed by atoms with E-state index in [4.69, 9.17) is 9.72 Å². The molecule has 0 saturated carbocycles. The molecule has 180 valence electrons. The number of thioether (sulfide) groups is 1. The first-order chi connectivity index (χ1) is 17.4. The van der Waals surface area contributed by atoms with Gasteiger partial charge in [-0.2, -0.15) is 5.26 Å². The highest BCUT2D eigenvalue weighted by Gasteiger charge is 2.21. The Morgan fingerprint density at radius 3 is 2.33 bits per heavy atom. The van der Waals surface area contributed by atoms with E-state index in [1.165, 1.54) is 17.3 Å². The van der Waals surface area contributed by atoms with E-state index in [9.17, 15) is 10.1 Å². The lowest BCUT2D eigenvalue weighted by atomic mass is 9.99. The van der Waals surface area contributed by atoms with E-state index in [2.05, 4.69) is 11.4 Å². The van der Waals surface area contributed by atoms with Crippen molar-refractivity contribution in [1.29, 1.82) is 5.26 Å². The topological polar surface area (TPSA) is 75.0 Å². The van der Waals surface area contributed by atoms with Gasteiger partial charge in [0.25, 0.3) is 0 Å². The molecule has 1 amide bonds. The first-order valence-electron chi connectivity index (χ1n) is 11.6. The second-order valence-electron chi connectivity index (χ2n) is 8.49. The van der Waals surface area contributed by atoms with Crippen molar-refractivity contribution >= 4 is 23.4 Å². The van der Waals surface area contributed by atoms with Gasteiger partial charge in [0, 0.05) is 16.8 Å². The van der Waals surface area contributed by atoms with Crippen molar-refractivity contribution in [2.75, 3.05) is 12.4 Å². The summed E-state index contributed by atoms with van der Waals surface area (Å²) in [5, 5.41) is 13.2. The van der Waals surface area contributed by atoms with E-state index >= 15 is 0 Å². The molecule has 4 aromatic rings. The molecule has 6 heteroatoms. The van der Waals surface area contributed by atoms with Gasteiger partial charge in [0.05, 0.1) is 23.6 Å². The van der Waals surface area contributed by atoms with Crippen LogP contribution in [0.3, 0.4) is 0 Å². The van der Waals surface area contributed by atoms with Crippen LogP contribution in [-0.2, 0) is 4.79 Å². The minimum atomic E-state index is -0.471. The van der Waals surface area contributed by atoms with E-state index in [1.54, 1.807) is 7.11 Å². The van der Waals surface area contributed by atoms with Crippen LogP contribution in [0.4, 0.5) is 5.69 Å². The molecule has 0 aliphatic heterocycles. The highest BCUT2D eigenvalue weighted by Crippen LogP contribution is 2.36. The Balaban J connectivity index is 1.71. The number of hydrogen-bond acceptors (Lipinski definition) is 5. The number of methoxy groups -OCH3 is 1. The lowest BCUT2D eigenvalue weighted by Gasteiger charge is -2.16. The summed E-state index contributed by atoms with van der Waals surface area (Å²) in [6.45, 7) is 5.88. The van der Waals surface area contributed by atoms with Crippen molar-refractivity contribution in [2.24, 2.45) is 0 Å². The maximum atomic E-state index is 13.0. The number of carbonyl (C=O) groups is 1. The van der Waals surface area contributed by atoms with E-state index < -0.39 is 5.25 Å². The average molecular weight is 494 g/mol. The van der Waals surface area contributed by atoms with Crippen molar-refractivity contribution in [1.82, 2.24) is 4.98 Å².